The molecular weight excluding hydrogens is 188 g/mol. The van der Waals surface area contributed by atoms with E-state index in [0.717, 1.165) is 12.1 Å². The van der Waals surface area contributed by atoms with E-state index in [-0.39, 0.29) is 5.54 Å². The smallest absolute Gasteiger partial charge is 0.143 e. The maximum atomic E-state index is 5.97. The van der Waals surface area contributed by atoms with Gasteiger partial charge in [-0.1, -0.05) is 13.0 Å². The highest BCUT2D eigenvalue weighted by Gasteiger charge is 2.16. The van der Waals surface area contributed by atoms with Crippen molar-refractivity contribution in [2.75, 3.05) is 18.2 Å². The lowest BCUT2D eigenvalue weighted by molar-refractivity contribution is 0.417. The van der Waals surface area contributed by atoms with Gasteiger partial charge in [-0.25, -0.2) is 0 Å². The van der Waals surface area contributed by atoms with Gasteiger partial charge in [0, 0.05) is 5.54 Å². The zero-order valence-electron chi connectivity index (χ0n) is 9.92. The fraction of sp³-hybridized carbons (Fsp3) is 0.500. The summed E-state index contributed by atoms with van der Waals surface area (Å²) < 4.78 is 5.17. The zero-order valence-corrected chi connectivity index (χ0v) is 9.92. The second-order valence-electron chi connectivity index (χ2n) is 4.28. The zero-order chi connectivity index (χ0) is 11.5. The fourth-order valence-corrected chi connectivity index (χ4v) is 1.28. The van der Waals surface area contributed by atoms with Crippen LogP contribution < -0.4 is 15.8 Å². The molecule has 0 heterocycles. The van der Waals surface area contributed by atoms with E-state index in [0.29, 0.717) is 11.4 Å². The Morgan fingerprint density at radius 1 is 1.40 bits per heavy atom. The van der Waals surface area contributed by atoms with Crippen LogP contribution in [0.5, 0.6) is 5.75 Å². The molecule has 0 bridgehead atoms. The van der Waals surface area contributed by atoms with Gasteiger partial charge in [0.2, 0.25) is 0 Å². The molecule has 3 nitrogen and oxygen atoms in total. The molecule has 1 aromatic rings. The normalized spacial score (nSPS) is 11.2. The Morgan fingerprint density at radius 2 is 2.07 bits per heavy atom. The van der Waals surface area contributed by atoms with Crippen LogP contribution in [-0.4, -0.2) is 12.6 Å². The van der Waals surface area contributed by atoms with E-state index < -0.39 is 0 Å². The minimum atomic E-state index is 0.0421. The molecule has 15 heavy (non-hydrogen) atoms. The van der Waals surface area contributed by atoms with E-state index in [1.165, 1.54) is 0 Å². The van der Waals surface area contributed by atoms with Gasteiger partial charge in [0.25, 0.3) is 0 Å². The molecule has 0 atom stereocenters. The predicted octanol–water partition coefficient (Wildman–Crippen LogP) is 2.88. The molecular formula is C12H20N2O. The summed E-state index contributed by atoms with van der Waals surface area (Å²) in [6, 6.07) is 5.76. The molecule has 0 unspecified atom stereocenters. The number of benzene rings is 1. The summed E-state index contributed by atoms with van der Waals surface area (Å²) in [5, 5.41) is 3.41. The number of anilines is 2. The van der Waals surface area contributed by atoms with Crippen LogP contribution in [0, 0.1) is 0 Å². The quantitative estimate of drug-likeness (QED) is 0.748. The molecule has 0 aliphatic heterocycles. The maximum absolute atomic E-state index is 5.97. The van der Waals surface area contributed by atoms with Crippen molar-refractivity contribution in [3.8, 4) is 5.75 Å². The summed E-state index contributed by atoms with van der Waals surface area (Å²) in [4.78, 5) is 0. The van der Waals surface area contributed by atoms with Crippen molar-refractivity contribution in [1.29, 1.82) is 0 Å². The number of hydrogen-bond donors (Lipinski definition) is 2. The Balaban J connectivity index is 2.95. The average molecular weight is 208 g/mol. The maximum Gasteiger partial charge on any atom is 0.143 e. The first-order chi connectivity index (χ1) is 7.00. The summed E-state index contributed by atoms with van der Waals surface area (Å²) in [5.74, 6) is 0.715. The van der Waals surface area contributed by atoms with Crippen LogP contribution in [0.3, 0.4) is 0 Å². The lowest BCUT2D eigenvalue weighted by Gasteiger charge is -2.27. The standard InChI is InChI=1S/C12H20N2O/c1-5-12(2,3)14-9-7-6-8-10(15-4)11(9)13/h6-8,14H,5,13H2,1-4H3. The van der Waals surface area contributed by atoms with Gasteiger partial charge in [0.15, 0.2) is 0 Å². The Hall–Kier alpha value is -1.38. The minimum absolute atomic E-state index is 0.0421. The summed E-state index contributed by atoms with van der Waals surface area (Å²) in [6.07, 6.45) is 1.03. The third kappa shape index (κ3) is 2.78. The number of nitrogens with one attached hydrogen (secondary N) is 1. The van der Waals surface area contributed by atoms with Gasteiger partial charge >= 0.3 is 0 Å². The van der Waals surface area contributed by atoms with Crippen LogP contribution in [0.15, 0.2) is 18.2 Å². The monoisotopic (exact) mass is 208 g/mol. The first-order valence-electron chi connectivity index (χ1n) is 5.21. The molecule has 0 spiro atoms. The largest absolute Gasteiger partial charge is 0.495 e. The topological polar surface area (TPSA) is 47.3 Å². The molecule has 0 saturated carbocycles. The number of rotatable bonds is 4. The van der Waals surface area contributed by atoms with Crippen molar-refractivity contribution >= 4 is 11.4 Å². The van der Waals surface area contributed by atoms with Gasteiger partial charge in [-0.3, -0.25) is 0 Å². The number of para-hydroxylation sites is 1. The van der Waals surface area contributed by atoms with E-state index in [1.807, 2.05) is 18.2 Å². The molecule has 0 radical (unpaired) electrons. The molecule has 3 N–H and O–H groups in total. The summed E-state index contributed by atoms with van der Waals surface area (Å²) in [7, 11) is 1.63. The molecule has 84 valence electrons. The molecule has 3 heteroatoms. The summed E-state index contributed by atoms with van der Waals surface area (Å²) in [5.41, 5.74) is 7.61. The Kier molecular flexibility index (Phi) is 3.45. The highest BCUT2D eigenvalue weighted by Crippen LogP contribution is 2.31. The molecule has 0 aromatic heterocycles. The van der Waals surface area contributed by atoms with E-state index in [4.69, 9.17) is 10.5 Å². The van der Waals surface area contributed by atoms with Crippen molar-refractivity contribution < 1.29 is 4.74 Å². The lowest BCUT2D eigenvalue weighted by atomic mass is 10.0. The van der Waals surface area contributed by atoms with Crippen LogP contribution in [0.25, 0.3) is 0 Å². The molecule has 0 aliphatic rings. The molecule has 0 saturated heterocycles. The Labute approximate surface area is 91.6 Å². The summed E-state index contributed by atoms with van der Waals surface area (Å²) in [6.45, 7) is 6.43. The number of methoxy groups -OCH3 is 1. The Morgan fingerprint density at radius 3 is 2.60 bits per heavy atom. The first-order valence-corrected chi connectivity index (χ1v) is 5.21. The molecule has 1 rings (SSSR count). The van der Waals surface area contributed by atoms with Crippen molar-refractivity contribution in [3.05, 3.63) is 18.2 Å². The molecule has 0 aliphatic carbocycles. The molecule has 0 amide bonds. The first kappa shape index (κ1) is 11.7. The highest BCUT2D eigenvalue weighted by molar-refractivity contribution is 5.73. The second kappa shape index (κ2) is 4.43. The van der Waals surface area contributed by atoms with Crippen molar-refractivity contribution in [2.24, 2.45) is 0 Å². The van der Waals surface area contributed by atoms with Gasteiger partial charge < -0.3 is 15.8 Å². The van der Waals surface area contributed by atoms with E-state index in [9.17, 15) is 0 Å². The van der Waals surface area contributed by atoms with E-state index in [2.05, 4.69) is 26.1 Å². The van der Waals surface area contributed by atoms with Crippen molar-refractivity contribution in [3.63, 3.8) is 0 Å². The van der Waals surface area contributed by atoms with Gasteiger partial charge in [0.05, 0.1) is 18.5 Å². The van der Waals surface area contributed by atoms with Gasteiger partial charge in [-0.2, -0.15) is 0 Å². The predicted molar refractivity (Wildman–Crippen MR) is 65.4 cm³/mol. The van der Waals surface area contributed by atoms with Crippen LogP contribution >= 0.6 is 0 Å². The van der Waals surface area contributed by atoms with Crippen molar-refractivity contribution in [2.45, 2.75) is 32.7 Å². The highest BCUT2D eigenvalue weighted by atomic mass is 16.5. The number of hydrogen-bond acceptors (Lipinski definition) is 3. The van der Waals surface area contributed by atoms with Crippen molar-refractivity contribution in [1.82, 2.24) is 0 Å². The third-order valence-electron chi connectivity index (χ3n) is 2.64. The average Bonchev–Trinajstić information content (AvgIpc) is 2.21. The van der Waals surface area contributed by atoms with Crippen LogP contribution in [0.1, 0.15) is 27.2 Å². The number of nitrogen functional groups attached to an aromatic ring is 1. The van der Waals surface area contributed by atoms with Gasteiger partial charge in [0.1, 0.15) is 5.75 Å². The van der Waals surface area contributed by atoms with Crippen LogP contribution in [-0.2, 0) is 0 Å². The second-order valence-corrected chi connectivity index (χ2v) is 4.28. The third-order valence-corrected chi connectivity index (χ3v) is 2.64. The van der Waals surface area contributed by atoms with Gasteiger partial charge in [-0.05, 0) is 32.4 Å². The van der Waals surface area contributed by atoms with Crippen LogP contribution in [0.2, 0.25) is 0 Å². The lowest BCUT2D eigenvalue weighted by Crippen LogP contribution is -2.30. The minimum Gasteiger partial charge on any atom is -0.495 e. The van der Waals surface area contributed by atoms with Crippen LogP contribution in [0.4, 0.5) is 11.4 Å². The van der Waals surface area contributed by atoms with Gasteiger partial charge in [-0.15, -0.1) is 0 Å². The number of ether oxygens (including phenoxy) is 1. The van der Waals surface area contributed by atoms with E-state index >= 15 is 0 Å². The Bertz CT molecular complexity index is 334. The fourth-order valence-electron chi connectivity index (χ4n) is 1.28. The summed E-state index contributed by atoms with van der Waals surface area (Å²) >= 11 is 0. The SMILES string of the molecule is CCC(C)(C)Nc1cccc(OC)c1N. The molecule has 1 aromatic carbocycles. The number of nitrogens with two attached hydrogens (primary N) is 1. The molecule has 0 fully saturated rings. The van der Waals surface area contributed by atoms with E-state index in [1.54, 1.807) is 7.11 Å².